The zero-order valence-corrected chi connectivity index (χ0v) is 19.8. The Hall–Kier alpha value is -2.77. The van der Waals surface area contributed by atoms with Gasteiger partial charge < -0.3 is 24.5 Å². The van der Waals surface area contributed by atoms with Crippen molar-refractivity contribution in [3.8, 4) is 33.2 Å². The first kappa shape index (κ1) is 22.4. The number of aromatic nitrogens is 1. The van der Waals surface area contributed by atoms with Gasteiger partial charge in [0.2, 0.25) is 0 Å². The lowest BCUT2D eigenvalue weighted by Crippen LogP contribution is -2.33. The Balaban J connectivity index is 1.84. The summed E-state index contributed by atoms with van der Waals surface area (Å²) >= 11 is 1.66. The maximum Gasteiger partial charge on any atom is 0.267 e. The molecule has 0 aliphatic carbocycles. The summed E-state index contributed by atoms with van der Waals surface area (Å²) in [6.07, 6.45) is 0.789. The fraction of sp³-hybridized carbons (Fsp3) is 0.400. The summed E-state index contributed by atoms with van der Waals surface area (Å²) in [6.45, 7) is 7.75. The molecule has 7 heteroatoms. The second-order valence-corrected chi connectivity index (χ2v) is 10.1. The van der Waals surface area contributed by atoms with Crippen molar-refractivity contribution in [1.82, 2.24) is 9.88 Å². The third kappa shape index (κ3) is 4.40. The first-order valence-electron chi connectivity index (χ1n) is 10.8. The van der Waals surface area contributed by atoms with Gasteiger partial charge in [-0.2, -0.15) is 0 Å². The molecule has 3 heterocycles. The number of hydrogen-bond acceptors (Lipinski definition) is 5. The second kappa shape index (κ2) is 9.00. The quantitative estimate of drug-likeness (QED) is 0.547. The van der Waals surface area contributed by atoms with Crippen LogP contribution in [0.25, 0.3) is 21.7 Å². The van der Waals surface area contributed by atoms with Gasteiger partial charge >= 0.3 is 0 Å². The average Bonchev–Trinajstić information content (AvgIpc) is 3.42. The highest BCUT2D eigenvalue weighted by Gasteiger charge is 2.28. The van der Waals surface area contributed by atoms with Gasteiger partial charge in [-0.3, -0.25) is 4.79 Å². The number of aliphatic hydroxyl groups is 1. The number of amides is 1. The van der Waals surface area contributed by atoms with Crippen LogP contribution in [0.15, 0.2) is 35.7 Å². The van der Waals surface area contributed by atoms with Crippen LogP contribution >= 0.6 is 11.3 Å². The van der Waals surface area contributed by atoms with Gasteiger partial charge in [-0.1, -0.05) is 26.8 Å². The van der Waals surface area contributed by atoms with Crippen molar-refractivity contribution < 1.29 is 19.4 Å². The van der Waals surface area contributed by atoms with Crippen molar-refractivity contribution in [1.29, 1.82) is 0 Å². The van der Waals surface area contributed by atoms with E-state index in [4.69, 9.17) is 9.47 Å². The lowest BCUT2D eigenvalue weighted by Gasteiger charge is -2.24. The van der Waals surface area contributed by atoms with Crippen LogP contribution < -0.4 is 14.8 Å². The standard InChI is InChI=1S/C25H30N2O4S/c1-25(2,3)15-26-24(29)19-13-18(22-6-5-11-32-22)23-17-14-21(31-10-9-28)20(30-4)12-16(17)7-8-27(19)23/h5-6,11-14,28H,7-10,15H2,1-4H3,(H,26,29). The number of aryl methyl sites for hydroxylation is 1. The summed E-state index contributed by atoms with van der Waals surface area (Å²) in [6, 6.07) is 10.1. The van der Waals surface area contributed by atoms with Crippen LogP contribution in [0.3, 0.4) is 0 Å². The van der Waals surface area contributed by atoms with E-state index in [9.17, 15) is 9.90 Å². The van der Waals surface area contributed by atoms with E-state index in [1.807, 2.05) is 29.6 Å². The number of aliphatic hydroxyl groups excluding tert-OH is 1. The fourth-order valence-electron chi connectivity index (χ4n) is 4.00. The number of carbonyl (C=O) groups excluding carboxylic acids is 1. The van der Waals surface area contributed by atoms with Gasteiger partial charge in [0.15, 0.2) is 11.5 Å². The van der Waals surface area contributed by atoms with E-state index in [1.54, 1.807) is 18.4 Å². The minimum atomic E-state index is -0.0742. The first-order chi connectivity index (χ1) is 15.3. The Kier molecular flexibility index (Phi) is 6.31. The maximum absolute atomic E-state index is 13.2. The van der Waals surface area contributed by atoms with Crippen LogP contribution in [0.2, 0.25) is 0 Å². The molecule has 1 aromatic carbocycles. The third-order valence-corrected chi connectivity index (χ3v) is 6.40. The molecule has 0 fully saturated rings. The molecule has 0 radical (unpaired) electrons. The van der Waals surface area contributed by atoms with Gasteiger partial charge in [0.1, 0.15) is 12.3 Å². The van der Waals surface area contributed by atoms with Crippen LogP contribution in [0.4, 0.5) is 0 Å². The van der Waals surface area contributed by atoms with E-state index in [0.717, 1.165) is 33.7 Å². The zero-order chi connectivity index (χ0) is 22.9. The Labute approximate surface area is 192 Å². The smallest absolute Gasteiger partial charge is 0.267 e. The molecule has 0 atom stereocenters. The number of thiophene rings is 1. The van der Waals surface area contributed by atoms with Crippen LogP contribution in [-0.4, -0.2) is 42.4 Å². The molecule has 0 saturated heterocycles. The fourth-order valence-corrected chi connectivity index (χ4v) is 4.75. The number of carbonyl (C=O) groups is 1. The van der Waals surface area contributed by atoms with Gasteiger partial charge in [-0.25, -0.2) is 0 Å². The van der Waals surface area contributed by atoms with Gasteiger partial charge in [-0.05, 0) is 47.0 Å². The maximum atomic E-state index is 13.2. The number of nitrogens with one attached hydrogen (secondary N) is 1. The second-order valence-electron chi connectivity index (χ2n) is 9.15. The monoisotopic (exact) mass is 454 g/mol. The van der Waals surface area contributed by atoms with E-state index in [-0.39, 0.29) is 24.5 Å². The molecule has 32 heavy (non-hydrogen) atoms. The molecule has 2 aromatic heterocycles. The summed E-state index contributed by atoms with van der Waals surface area (Å²) in [5, 5.41) is 14.4. The Morgan fingerprint density at radius 2 is 2.03 bits per heavy atom. The molecule has 1 amide bonds. The molecular weight excluding hydrogens is 424 g/mol. The molecule has 0 bridgehead atoms. The summed E-state index contributed by atoms with van der Waals surface area (Å²) in [5.74, 6) is 1.18. The molecule has 170 valence electrons. The Morgan fingerprint density at radius 3 is 2.69 bits per heavy atom. The normalized spacial score (nSPS) is 12.8. The highest BCUT2D eigenvalue weighted by Crippen LogP contribution is 2.45. The first-order valence-corrected chi connectivity index (χ1v) is 11.7. The molecule has 2 N–H and O–H groups in total. The van der Waals surface area contributed by atoms with Gasteiger partial charge in [0.05, 0.1) is 19.4 Å². The van der Waals surface area contributed by atoms with Crippen LogP contribution in [-0.2, 0) is 13.0 Å². The van der Waals surface area contributed by atoms with E-state index in [2.05, 4.69) is 36.7 Å². The zero-order valence-electron chi connectivity index (χ0n) is 19.0. The molecule has 0 saturated carbocycles. The summed E-state index contributed by atoms with van der Waals surface area (Å²) in [7, 11) is 1.62. The third-order valence-electron chi connectivity index (χ3n) is 5.49. The number of benzene rings is 1. The van der Waals surface area contributed by atoms with Crippen molar-refractivity contribution in [2.75, 3.05) is 26.9 Å². The topological polar surface area (TPSA) is 72.7 Å². The van der Waals surface area contributed by atoms with Gasteiger partial charge in [0.25, 0.3) is 5.91 Å². The van der Waals surface area contributed by atoms with Crippen molar-refractivity contribution in [2.24, 2.45) is 5.41 Å². The largest absolute Gasteiger partial charge is 0.493 e. The number of ether oxygens (including phenoxy) is 2. The molecule has 4 rings (SSSR count). The number of methoxy groups -OCH3 is 1. The SMILES string of the molecule is COc1cc2c(cc1OCCO)-c1c(-c3cccs3)cc(C(=O)NCC(C)(C)C)n1CC2. The predicted octanol–water partition coefficient (Wildman–Crippen LogP) is 4.60. The summed E-state index contributed by atoms with van der Waals surface area (Å²) < 4.78 is 13.4. The molecular formula is C25H30N2O4S. The molecule has 1 aliphatic heterocycles. The van der Waals surface area contributed by atoms with Gasteiger partial charge in [-0.15, -0.1) is 11.3 Å². The Morgan fingerprint density at radius 1 is 1.22 bits per heavy atom. The van der Waals surface area contributed by atoms with E-state index in [0.29, 0.717) is 30.3 Å². The average molecular weight is 455 g/mol. The summed E-state index contributed by atoms with van der Waals surface area (Å²) in [5.41, 5.74) is 4.93. The predicted molar refractivity (Wildman–Crippen MR) is 128 cm³/mol. The number of nitrogens with zero attached hydrogens (tertiary/aromatic N) is 1. The van der Waals surface area contributed by atoms with E-state index >= 15 is 0 Å². The van der Waals surface area contributed by atoms with Crippen molar-refractivity contribution >= 4 is 17.2 Å². The van der Waals surface area contributed by atoms with Gasteiger partial charge in [0, 0.05) is 29.1 Å². The van der Waals surface area contributed by atoms with Crippen molar-refractivity contribution in [3.63, 3.8) is 0 Å². The highest BCUT2D eigenvalue weighted by atomic mass is 32.1. The summed E-state index contributed by atoms with van der Waals surface area (Å²) in [4.78, 5) is 14.3. The lowest BCUT2D eigenvalue weighted by molar-refractivity contribution is 0.0930. The number of rotatable bonds is 7. The number of hydrogen-bond donors (Lipinski definition) is 2. The molecule has 0 spiro atoms. The molecule has 3 aromatic rings. The van der Waals surface area contributed by atoms with E-state index in [1.165, 1.54) is 0 Å². The van der Waals surface area contributed by atoms with Crippen molar-refractivity contribution in [3.05, 3.63) is 47.0 Å². The van der Waals surface area contributed by atoms with Crippen molar-refractivity contribution in [2.45, 2.75) is 33.7 Å². The Bertz CT molecular complexity index is 1110. The molecule has 0 unspecified atom stereocenters. The van der Waals surface area contributed by atoms with Crippen LogP contribution in [0.5, 0.6) is 11.5 Å². The lowest BCUT2D eigenvalue weighted by atomic mass is 9.95. The number of fused-ring (bicyclic) bond motifs is 3. The van der Waals surface area contributed by atoms with Crippen LogP contribution in [0.1, 0.15) is 36.8 Å². The highest BCUT2D eigenvalue weighted by molar-refractivity contribution is 7.13. The van der Waals surface area contributed by atoms with Crippen LogP contribution in [0, 0.1) is 5.41 Å². The molecule has 6 nitrogen and oxygen atoms in total. The van der Waals surface area contributed by atoms with E-state index < -0.39 is 0 Å². The minimum absolute atomic E-state index is 0.00562. The minimum Gasteiger partial charge on any atom is -0.493 e. The molecule has 1 aliphatic rings.